The zero-order valence-corrected chi connectivity index (χ0v) is 10.4. The van der Waals surface area contributed by atoms with E-state index in [1.54, 1.807) is 0 Å². The normalized spacial score (nSPS) is 22.8. The van der Waals surface area contributed by atoms with E-state index in [4.69, 9.17) is 0 Å². The number of rotatable bonds is 2. The summed E-state index contributed by atoms with van der Waals surface area (Å²) in [6.45, 7) is 5.08. The maximum atomic E-state index is 9.98. The van der Waals surface area contributed by atoms with Crippen LogP contribution >= 0.6 is 0 Å². The monoisotopic (exact) mass is 220 g/mol. The Labute approximate surface area is 97.3 Å². The Morgan fingerprint density at radius 2 is 1.81 bits per heavy atom. The number of nitrogens with zero attached hydrogens (tertiary/aromatic N) is 2. The van der Waals surface area contributed by atoms with Crippen molar-refractivity contribution in [3.05, 3.63) is 24.3 Å². The van der Waals surface area contributed by atoms with E-state index >= 15 is 0 Å². The first-order chi connectivity index (χ1) is 7.42. The van der Waals surface area contributed by atoms with Crippen LogP contribution in [0, 0.1) is 5.41 Å². The highest BCUT2D eigenvalue weighted by Gasteiger charge is 2.44. The minimum atomic E-state index is -0.363. The summed E-state index contributed by atoms with van der Waals surface area (Å²) in [5.41, 5.74) is 2.29. The van der Waals surface area contributed by atoms with Crippen LogP contribution in [0.1, 0.15) is 13.8 Å². The van der Waals surface area contributed by atoms with Gasteiger partial charge in [-0.25, -0.2) is 0 Å². The molecule has 1 fully saturated rings. The van der Waals surface area contributed by atoms with Crippen LogP contribution < -0.4 is 9.80 Å². The molecule has 1 aromatic rings. The molecule has 0 bridgehead atoms. The fourth-order valence-corrected chi connectivity index (χ4v) is 2.09. The van der Waals surface area contributed by atoms with E-state index in [-0.39, 0.29) is 11.6 Å². The molecule has 1 aliphatic rings. The van der Waals surface area contributed by atoms with E-state index in [1.807, 2.05) is 19.0 Å². The average Bonchev–Trinajstić information content (AvgIpc) is 2.26. The molecule has 0 aromatic heterocycles. The Balaban J connectivity index is 2.12. The summed E-state index contributed by atoms with van der Waals surface area (Å²) in [5.74, 6) is 0. The van der Waals surface area contributed by atoms with Crippen molar-refractivity contribution in [1.29, 1.82) is 0 Å². The molecule has 0 spiro atoms. The molecule has 1 saturated heterocycles. The van der Waals surface area contributed by atoms with Gasteiger partial charge in [0, 0.05) is 37.4 Å². The zero-order valence-electron chi connectivity index (χ0n) is 10.4. The van der Waals surface area contributed by atoms with Gasteiger partial charge < -0.3 is 14.9 Å². The second-order valence-electron chi connectivity index (χ2n) is 5.40. The molecular formula is C13H20N2O. The van der Waals surface area contributed by atoms with Crippen molar-refractivity contribution in [2.24, 2.45) is 5.41 Å². The van der Waals surface area contributed by atoms with Crippen LogP contribution in [0.3, 0.4) is 0 Å². The summed E-state index contributed by atoms with van der Waals surface area (Å²) >= 11 is 0. The summed E-state index contributed by atoms with van der Waals surface area (Å²) < 4.78 is 0. The van der Waals surface area contributed by atoms with Gasteiger partial charge in [-0.1, -0.05) is 13.8 Å². The fraction of sp³-hybridized carbons (Fsp3) is 0.538. The molecule has 1 aromatic carbocycles. The van der Waals surface area contributed by atoms with Crippen molar-refractivity contribution >= 4 is 11.4 Å². The molecule has 0 amide bonds. The smallest absolute Gasteiger partial charge is 0.133 e. The molecule has 2 rings (SSSR count). The summed E-state index contributed by atoms with van der Waals surface area (Å²) in [5, 5.41) is 9.98. The summed E-state index contributed by atoms with van der Waals surface area (Å²) in [6, 6.07) is 8.28. The fourth-order valence-electron chi connectivity index (χ4n) is 2.09. The molecule has 88 valence electrons. The van der Waals surface area contributed by atoms with Gasteiger partial charge in [-0.05, 0) is 24.3 Å². The average molecular weight is 220 g/mol. The van der Waals surface area contributed by atoms with Crippen LogP contribution in [0.2, 0.25) is 0 Å². The molecule has 16 heavy (non-hydrogen) atoms. The molecule has 3 nitrogen and oxygen atoms in total. The lowest BCUT2D eigenvalue weighted by atomic mass is 9.81. The SMILES string of the molecule is CN(C)c1ccc(N2CC(C)(C)C2O)cc1. The van der Waals surface area contributed by atoms with Crippen LogP contribution in [0.4, 0.5) is 11.4 Å². The van der Waals surface area contributed by atoms with Gasteiger partial charge >= 0.3 is 0 Å². The molecule has 0 radical (unpaired) electrons. The maximum Gasteiger partial charge on any atom is 0.133 e. The predicted octanol–water partition coefficient (Wildman–Crippen LogP) is 1.92. The summed E-state index contributed by atoms with van der Waals surface area (Å²) in [6.07, 6.45) is -0.363. The first-order valence-corrected chi connectivity index (χ1v) is 5.64. The lowest BCUT2D eigenvalue weighted by Gasteiger charge is -2.52. The van der Waals surface area contributed by atoms with Gasteiger partial charge in [-0.3, -0.25) is 0 Å². The minimum absolute atomic E-state index is 0.0141. The number of aliphatic hydroxyl groups is 1. The Kier molecular flexibility index (Phi) is 2.58. The van der Waals surface area contributed by atoms with Crippen LogP contribution in [0.15, 0.2) is 24.3 Å². The molecule has 1 aliphatic heterocycles. The lowest BCUT2D eigenvalue weighted by Crippen LogP contribution is -2.62. The van der Waals surface area contributed by atoms with Gasteiger partial charge in [0.2, 0.25) is 0 Å². The van der Waals surface area contributed by atoms with Gasteiger partial charge in [-0.15, -0.1) is 0 Å². The highest BCUT2D eigenvalue weighted by atomic mass is 16.3. The molecule has 3 heteroatoms. The molecule has 1 N–H and O–H groups in total. The van der Waals surface area contributed by atoms with Crippen LogP contribution in [-0.2, 0) is 0 Å². The van der Waals surface area contributed by atoms with Gasteiger partial charge in [0.25, 0.3) is 0 Å². The summed E-state index contributed by atoms with van der Waals surface area (Å²) in [4.78, 5) is 4.10. The van der Waals surface area contributed by atoms with Crippen LogP contribution in [-0.4, -0.2) is 32.0 Å². The molecule has 0 aliphatic carbocycles. The maximum absolute atomic E-state index is 9.98. The van der Waals surface area contributed by atoms with Crippen molar-refractivity contribution in [1.82, 2.24) is 0 Å². The van der Waals surface area contributed by atoms with Gasteiger partial charge in [-0.2, -0.15) is 0 Å². The molecule has 1 atom stereocenters. The first-order valence-electron chi connectivity index (χ1n) is 5.64. The quantitative estimate of drug-likeness (QED) is 0.825. The van der Waals surface area contributed by atoms with Crippen molar-refractivity contribution in [3.8, 4) is 0 Å². The van der Waals surface area contributed by atoms with Crippen LogP contribution in [0.25, 0.3) is 0 Å². The highest BCUT2D eigenvalue weighted by molar-refractivity contribution is 5.57. The Hall–Kier alpha value is -1.22. The Morgan fingerprint density at radius 3 is 2.19 bits per heavy atom. The Bertz CT molecular complexity index is 370. The van der Waals surface area contributed by atoms with E-state index in [0.29, 0.717) is 0 Å². The van der Waals surface area contributed by atoms with Gasteiger partial charge in [0.05, 0.1) is 0 Å². The topological polar surface area (TPSA) is 26.7 Å². The Morgan fingerprint density at radius 1 is 1.25 bits per heavy atom. The minimum Gasteiger partial charge on any atom is -0.378 e. The number of benzene rings is 1. The van der Waals surface area contributed by atoms with E-state index < -0.39 is 0 Å². The number of hydrogen-bond donors (Lipinski definition) is 1. The third-order valence-corrected chi connectivity index (χ3v) is 3.27. The lowest BCUT2D eigenvalue weighted by molar-refractivity contribution is -0.0139. The molecule has 0 saturated carbocycles. The number of aliphatic hydroxyl groups excluding tert-OH is 1. The molecule has 1 heterocycles. The highest BCUT2D eigenvalue weighted by Crippen LogP contribution is 2.39. The van der Waals surface area contributed by atoms with Gasteiger partial charge in [0.15, 0.2) is 0 Å². The predicted molar refractivity (Wildman–Crippen MR) is 67.9 cm³/mol. The second-order valence-corrected chi connectivity index (χ2v) is 5.40. The van der Waals surface area contributed by atoms with Crippen molar-refractivity contribution in [2.75, 3.05) is 30.4 Å². The standard InChI is InChI=1S/C13H20N2O/c1-13(2)9-15(12(13)16)11-7-5-10(6-8-11)14(3)4/h5-8,12,16H,9H2,1-4H3. The first kappa shape index (κ1) is 11.3. The number of hydrogen-bond acceptors (Lipinski definition) is 3. The van der Waals surface area contributed by atoms with E-state index in [0.717, 1.165) is 12.2 Å². The van der Waals surface area contributed by atoms with E-state index in [9.17, 15) is 5.11 Å². The third kappa shape index (κ3) is 1.76. The van der Waals surface area contributed by atoms with Crippen LogP contribution in [0.5, 0.6) is 0 Å². The molecule has 1 unspecified atom stereocenters. The van der Waals surface area contributed by atoms with E-state index in [2.05, 4.69) is 43.0 Å². The second kappa shape index (κ2) is 3.67. The largest absolute Gasteiger partial charge is 0.378 e. The van der Waals surface area contributed by atoms with Crippen molar-refractivity contribution < 1.29 is 5.11 Å². The van der Waals surface area contributed by atoms with E-state index in [1.165, 1.54) is 5.69 Å². The van der Waals surface area contributed by atoms with Crippen molar-refractivity contribution in [3.63, 3.8) is 0 Å². The molecular weight excluding hydrogens is 200 g/mol. The summed E-state index contributed by atoms with van der Waals surface area (Å²) in [7, 11) is 4.05. The third-order valence-electron chi connectivity index (χ3n) is 3.27. The van der Waals surface area contributed by atoms with Crippen molar-refractivity contribution in [2.45, 2.75) is 20.1 Å². The van der Waals surface area contributed by atoms with Gasteiger partial charge in [0.1, 0.15) is 6.23 Å². The zero-order chi connectivity index (χ0) is 11.9. The number of anilines is 2.